The van der Waals surface area contributed by atoms with Crippen LogP contribution in [0.1, 0.15) is 57.8 Å². The zero-order valence-corrected chi connectivity index (χ0v) is 10.8. The Morgan fingerprint density at radius 3 is 2.06 bits per heavy atom. The van der Waals surface area contributed by atoms with Crippen molar-refractivity contribution in [3.8, 4) is 0 Å². The summed E-state index contributed by atoms with van der Waals surface area (Å²) < 4.78 is 38.2. The number of aliphatic hydroxyl groups is 1. The van der Waals surface area contributed by atoms with Crippen molar-refractivity contribution in [3.63, 3.8) is 0 Å². The molecule has 0 aromatic heterocycles. The lowest BCUT2D eigenvalue weighted by Crippen LogP contribution is -2.37. The Morgan fingerprint density at radius 2 is 1.44 bits per heavy atom. The van der Waals surface area contributed by atoms with Gasteiger partial charge in [-0.15, -0.1) is 0 Å². The summed E-state index contributed by atoms with van der Waals surface area (Å²) in [4.78, 5) is 0. The van der Waals surface area contributed by atoms with Gasteiger partial charge in [-0.3, -0.25) is 0 Å². The van der Waals surface area contributed by atoms with Crippen LogP contribution in [0.2, 0.25) is 0 Å². The van der Waals surface area contributed by atoms with E-state index in [4.69, 9.17) is 0 Å². The van der Waals surface area contributed by atoms with Gasteiger partial charge < -0.3 is 5.11 Å². The molecule has 0 aromatic rings. The van der Waals surface area contributed by atoms with Crippen LogP contribution in [0, 0.1) is 17.8 Å². The standard InChI is InChI=1S/C14H23F3O/c15-14(16,17)12-8-4-7-11(9-12)13(18)10-5-2-1-3-6-10/h10-13,18H,1-9H2. The molecule has 0 spiro atoms. The molecule has 0 amide bonds. The Balaban J connectivity index is 1.91. The Hall–Kier alpha value is -0.250. The molecular weight excluding hydrogens is 241 g/mol. The molecule has 0 saturated heterocycles. The number of hydrogen-bond acceptors (Lipinski definition) is 1. The first-order chi connectivity index (χ1) is 8.48. The maximum absolute atomic E-state index is 12.7. The SMILES string of the molecule is OC(C1CCCCC1)C1CCCC(C(F)(F)F)C1. The van der Waals surface area contributed by atoms with E-state index in [1.807, 2.05) is 0 Å². The third-order valence-electron chi connectivity index (χ3n) is 4.79. The van der Waals surface area contributed by atoms with Crippen LogP contribution in [-0.4, -0.2) is 17.4 Å². The third-order valence-corrected chi connectivity index (χ3v) is 4.79. The fourth-order valence-electron chi connectivity index (χ4n) is 3.70. The van der Waals surface area contributed by atoms with E-state index in [1.165, 1.54) is 6.42 Å². The lowest BCUT2D eigenvalue weighted by molar-refractivity contribution is -0.190. The molecule has 2 fully saturated rings. The van der Waals surface area contributed by atoms with Crippen LogP contribution in [0.5, 0.6) is 0 Å². The fraction of sp³-hybridized carbons (Fsp3) is 1.00. The highest BCUT2D eigenvalue weighted by atomic mass is 19.4. The van der Waals surface area contributed by atoms with Crippen LogP contribution in [0.25, 0.3) is 0 Å². The van der Waals surface area contributed by atoms with Crippen LogP contribution in [-0.2, 0) is 0 Å². The van der Waals surface area contributed by atoms with Gasteiger partial charge in [0.15, 0.2) is 0 Å². The summed E-state index contributed by atoms with van der Waals surface area (Å²) in [5.41, 5.74) is 0. The predicted octanol–water partition coefficient (Wildman–Crippen LogP) is 4.30. The number of aliphatic hydroxyl groups excluding tert-OH is 1. The second-order valence-electron chi connectivity index (χ2n) is 6.05. The van der Waals surface area contributed by atoms with Gasteiger partial charge in [-0.05, 0) is 43.9 Å². The normalized spacial score (nSPS) is 33.3. The molecular formula is C14H23F3O. The molecule has 3 atom stereocenters. The maximum Gasteiger partial charge on any atom is 0.391 e. The summed E-state index contributed by atoms with van der Waals surface area (Å²) in [5, 5.41) is 10.3. The molecule has 1 nitrogen and oxygen atoms in total. The Morgan fingerprint density at radius 1 is 0.833 bits per heavy atom. The van der Waals surface area contributed by atoms with E-state index < -0.39 is 18.2 Å². The largest absolute Gasteiger partial charge is 0.393 e. The van der Waals surface area contributed by atoms with Crippen molar-refractivity contribution in [2.75, 3.05) is 0 Å². The molecule has 0 bridgehead atoms. The van der Waals surface area contributed by atoms with Crippen molar-refractivity contribution >= 4 is 0 Å². The van der Waals surface area contributed by atoms with Crippen molar-refractivity contribution in [1.82, 2.24) is 0 Å². The van der Waals surface area contributed by atoms with Crippen LogP contribution >= 0.6 is 0 Å². The number of rotatable bonds is 2. The van der Waals surface area contributed by atoms with Gasteiger partial charge in [0.05, 0.1) is 12.0 Å². The summed E-state index contributed by atoms with van der Waals surface area (Å²) in [6.07, 6.45) is 2.62. The topological polar surface area (TPSA) is 20.2 Å². The zero-order valence-electron chi connectivity index (χ0n) is 10.8. The molecule has 0 aliphatic heterocycles. The molecule has 3 unspecified atom stereocenters. The second kappa shape index (κ2) is 5.81. The second-order valence-corrected chi connectivity index (χ2v) is 6.05. The molecule has 0 radical (unpaired) electrons. The average molecular weight is 264 g/mol. The van der Waals surface area contributed by atoms with Crippen molar-refractivity contribution < 1.29 is 18.3 Å². The zero-order chi connectivity index (χ0) is 13.2. The van der Waals surface area contributed by atoms with Gasteiger partial charge in [0.25, 0.3) is 0 Å². The smallest absolute Gasteiger partial charge is 0.391 e. The summed E-state index contributed by atoms with van der Waals surface area (Å²) in [6.45, 7) is 0. The van der Waals surface area contributed by atoms with Crippen molar-refractivity contribution in [2.24, 2.45) is 17.8 Å². The van der Waals surface area contributed by atoms with Gasteiger partial charge in [0.1, 0.15) is 0 Å². The van der Waals surface area contributed by atoms with Gasteiger partial charge in [-0.1, -0.05) is 25.7 Å². The molecule has 2 aliphatic carbocycles. The van der Waals surface area contributed by atoms with Gasteiger partial charge in [-0.25, -0.2) is 0 Å². The van der Waals surface area contributed by atoms with E-state index >= 15 is 0 Å². The Kier molecular flexibility index (Phi) is 4.57. The van der Waals surface area contributed by atoms with E-state index in [2.05, 4.69) is 0 Å². The predicted molar refractivity (Wildman–Crippen MR) is 64.1 cm³/mol. The number of halogens is 3. The average Bonchev–Trinajstić information content (AvgIpc) is 2.38. The summed E-state index contributed by atoms with van der Waals surface area (Å²) in [6, 6.07) is 0. The van der Waals surface area contributed by atoms with E-state index in [0.29, 0.717) is 6.42 Å². The minimum atomic E-state index is -4.08. The highest BCUT2D eigenvalue weighted by Crippen LogP contribution is 2.43. The molecule has 106 valence electrons. The lowest BCUT2D eigenvalue weighted by atomic mass is 9.72. The monoisotopic (exact) mass is 264 g/mol. The van der Waals surface area contributed by atoms with Gasteiger partial charge in [-0.2, -0.15) is 13.2 Å². The van der Waals surface area contributed by atoms with Crippen LogP contribution in [0.3, 0.4) is 0 Å². The van der Waals surface area contributed by atoms with Gasteiger partial charge in [0.2, 0.25) is 0 Å². The molecule has 18 heavy (non-hydrogen) atoms. The van der Waals surface area contributed by atoms with E-state index in [9.17, 15) is 18.3 Å². The van der Waals surface area contributed by atoms with E-state index in [1.54, 1.807) is 0 Å². The number of hydrogen-bond donors (Lipinski definition) is 1. The first-order valence-electron chi connectivity index (χ1n) is 7.23. The van der Waals surface area contributed by atoms with E-state index in [-0.39, 0.29) is 24.7 Å². The molecule has 1 N–H and O–H groups in total. The molecule has 2 rings (SSSR count). The van der Waals surface area contributed by atoms with Gasteiger partial charge in [0, 0.05) is 0 Å². The van der Waals surface area contributed by atoms with Crippen LogP contribution in [0.4, 0.5) is 13.2 Å². The van der Waals surface area contributed by atoms with Crippen LogP contribution < -0.4 is 0 Å². The summed E-state index contributed by atoms with van der Waals surface area (Å²) >= 11 is 0. The molecule has 0 aromatic carbocycles. The van der Waals surface area contributed by atoms with Crippen molar-refractivity contribution in [2.45, 2.75) is 70.1 Å². The fourth-order valence-corrected chi connectivity index (χ4v) is 3.70. The number of alkyl halides is 3. The third kappa shape index (κ3) is 3.40. The lowest BCUT2D eigenvalue weighted by Gasteiger charge is -2.37. The first kappa shape index (κ1) is 14.2. The molecule has 4 heteroatoms. The van der Waals surface area contributed by atoms with Crippen LogP contribution in [0.15, 0.2) is 0 Å². The minimum absolute atomic E-state index is 0.131. The van der Waals surface area contributed by atoms with Gasteiger partial charge >= 0.3 is 6.18 Å². The van der Waals surface area contributed by atoms with Crippen molar-refractivity contribution in [3.05, 3.63) is 0 Å². The van der Waals surface area contributed by atoms with E-state index in [0.717, 1.165) is 32.1 Å². The maximum atomic E-state index is 12.7. The molecule has 2 saturated carbocycles. The Labute approximate surface area is 107 Å². The summed E-state index contributed by atoms with van der Waals surface area (Å²) in [5.74, 6) is -1.07. The Bertz CT molecular complexity index is 258. The minimum Gasteiger partial charge on any atom is -0.393 e. The molecule has 0 heterocycles. The highest BCUT2D eigenvalue weighted by molar-refractivity contribution is 4.85. The van der Waals surface area contributed by atoms with Crippen molar-refractivity contribution in [1.29, 1.82) is 0 Å². The quantitative estimate of drug-likeness (QED) is 0.788. The first-order valence-corrected chi connectivity index (χ1v) is 7.23. The highest BCUT2D eigenvalue weighted by Gasteiger charge is 2.44. The summed E-state index contributed by atoms with van der Waals surface area (Å²) in [7, 11) is 0. The molecule has 2 aliphatic rings.